The van der Waals surface area contributed by atoms with Gasteiger partial charge in [-0.15, -0.1) is 0 Å². The first-order valence-electron chi connectivity index (χ1n) is 5.90. The number of aromatic nitrogens is 5. The predicted molar refractivity (Wildman–Crippen MR) is 62.2 cm³/mol. The van der Waals surface area contributed by atoms with E-state index in [9.17, 15) is 0 Å². The molecule has 0 aliphatic heterocycles. The van der Waals surface area contributed by atoms with E-state index in [0.29, 0.717) is 6.54 Å². The Bertz CT molecular complexity index is 496. The van der Waals surface area contributed by atoms with Crippen LogP contribution in [0.15, 0.2) is 18.6 Å². The van der Waals surface area contributed by atoms with Crippen molar-refractivity contribution in [2.75, 3.05) is 0 Å². The van der Waals surface area contributed by atoms with Crippen LogP contribution in [0.2, 0.25) is 0 Å². The lowest BCUT2D eigenvalue weighted by Gasteiger charge is -2.01. The average molecular weight is 232 g/mol. The van der Waals surface area contributed by atoms with Crippen LogP contribution < -0.4 is 5.32 Å². The van der Waals surface area contributed by atoms with Crippen LogP contribution in [0.25, 0.3) is 0 Å². The third-order valence-corrected chi connectivity index (χ3v) is 2.95. The van der Waals surface area contributed by atoms with Crippen molar-refractivity contribution in [2.45, 2.75) is 32.0 Å². The molecule has 2 aromatic rings. The molecule has 0 saturated heterocycles. The van der Waals surface area contributed by atoms with E-state index in [1.165, 1.54) is 12.8 Å². The summed E-state index contributed by atoms with van der Waals surface area (Å²) < 4.78 is 3.66. The SMILES string of the molecule is Cn1ncnc1Cn1ccc(CNC2CC2)n1. The molecule has 1 aliphatic rings. The molecule has 1 saturated carbocycles. The summed E-state index contributed by atoms with van der Waals surface area (Å²) in [6.07, 6.45) is 6.16. The Morgan fingerprint density at radius 3 is 3.06 bits per heavy atom. The fraction of sp³-hybridized carbons (Fsp3) is 0.545. The van der Waals surface area contributed by atoms with E-state index in [4.69, 9.17) is 0 Å². The standard InChI is InChI=1S/C11H16N6/c1-16-11(13-8-14-16)7-17-5-4-10(15-17)6-12-9-2-3-9/h4-5,8-9,12H,2-3,6-7H2,1H3. The lowest BCUT2D eigenvalue weighted by atomic mass is 10.4. The molecular weight excluding hydrogens is 216 g/mol. The molecule has 0 atom stereocenters. The molecule has 3 rings (SSSR count). The monoisotopic (exact) mass is 232 g/mol. The molecule has 2 heterocycles. The first-order valence-corrected chi connectivity index (χ1v) is 5.90. The fourth-order valence-corrected chi connectivity index (χ4v) is 1.73. The zero-order valence-corrected chi connectivity index (χ0v) is 9.87. The van der Waals surface area contributed by atoms with Gasteiger partial charge in [-0.25, -0.2) is 4.98 Å². The third kappa shape index (κ3) is 2.52. The van der Waals surface area contributed by atoms with Crippen LogP contribution >= 0.6 is 0 Å². The Labute approximate surface area is 99.7 Å². The molecule has 6 nitrogen and oxygen atoms in total. The van der Waals surface area contributed by atoms with Gasteiger partial charge >= 0.3 is 0 Å². The van der Waals surface area contributed by atoms with Gasteiger partial charge in [0.1, 0.15) is 18.7 Å². The second kappa shape index (κ2) is 4.29. The largest absolute Gasteiger partial charge is 0.308 e. The molecule has 17 heavy (non-hydrogen) atoms. The number of rotatable bonds is 5. The quantitative estimate of drug-likeness (QED) is 0.806. The number of nitrogens with zero attached hydrogens (tertiary/aromatic N) is 5. The van der Waals surface area contributed by atoms with Crippen molar-refractivity contribution < 1.29 is 0 Å². The second-order valence-corrected chi connectivity index (χ2v) is 4.46. The van der Waals surface area contributed by atoms with Gasteiger partial charge in [-0.05, 0) is 18.9 Å². The van der Waals surface area contributed by atoms with Gasteiger partial charge in [0.25, 0.3) is 0 Å². The van der Waals surface area contributed by atoms with Crippen molar-refractivity contribution in [2.24, 2.45) is 7.05 Å². The minimum Gasteiger partial charge on any atom is -0.308 e. The smallest absolute Gasteiger partial charge is 0.148 e. The summed E-state index contributed by atoms with van der Waals surface area (Å²) in [5, 5.41) is 12.0. The van der Waals surface area contributed by atoms with Crippen LogP contribution in [0.4, 0.5) is 0 Å². The van der Waals surface area contributed by atoms with Crippen LogP contribution in [-0.2, 0) is 20.1 Å². The van der Waals surface area contributed by atoms with Gasteiger partial charge < -0.3 is 5.32 Å². The lowest BCUT2D eigenvalue weighted by Crippen LogP contribution is -2.16. The summed E-state index contributed by atoms with van der Waals surface area (Å²) in [4.78, 5) is 4.18. The summed E-state index contributed by atoms with van der Waals surface area (Å²) in [6, 6.07) is 2.77. The van der Waals surface area contributed by atoms with Crippen LogP contribution in [0.1, 0.15) is 24.4 Å². The van der Waals surface area contributed by atoms with E-state index in [1.54, 1.807) is 11.0 Å². The summed E-state index contributed by atoms with van der Waals surface area (Å²) in [6.45, 7) is 1.52. The zero-order chi connectivity index (χ0) is 11.7. The number of nitrogens with one attached hydrogen (secondary N) is 1. The van der Waals surface area contributed by atoms with Gasteiger partial charge in [-0.1, -0.05) is 0 Å². The van der Waals surface area contributed by atoms with E-state index in [1.807, 2.05) is 24.0 Å². The van der Waals surface area contributed by atoms with Gasteiger partial charge in [0.15, 0.2) is 0 Å². The normalized spacial score (nSPS) is 15.4. The van der Waals surface area contributed by atoms with Gasteiger partial charge in [-0.3, -0.25) is 9.36 Å². The first kappa shape index (κ1) is 10.5. The average Bonchev–Trinajstić information content (AvgIpc) is 2.92. The Morgan fingerprint density at radius 2 is 2.35 bits per heavy atom. The number of aryl methyl sites for hydroxylation is 1. The van der Waals surface area contributed by atoms with Crippen molar-refractivity contribution in [3.8, 4) is 0 Å². The molecule has 90 valence electrons. The van der Waals surface area contributed by atoms with E-state index >= 15 is 0 Å². The van der Waals surface area contributed by atoms with Crippen LogP contribution in [0.3, 0.4) is 0 Å². The number of hydrogen-bond donors (Lipinski definition) is 1. The fourth-order valence-electron chi connectivity index (χ4n) is 1.73. The highest BCUT2D eigenvalue weighted by Gasteiger charge is 2.20. The minimum atomic E-state index is 0.667. The molecule has 0 unspecified atom stereocenters. The molecule has 0 bridgehead atoms. The molecule has 6 heteroatoms. The van der Waals surface area contributed by atoms with Crippen molar-refractivity contribution >= 4 is 0 Å². The summed E-state index contributed by atoms with van der Waals surface area (Å²) in [5.74, 6) is 0.912. The molecule has 1 fully saturated rings. The van der Waals surface area contributed by atoms with E-state index < -0.39 is 0 Å². The summed E-state index contributed by atoms with van der Waals surface area (Å²) in [7, 11) is 1.89. The van der Waals surface area contributed by atoms with E-state index in [-0.39, 0.29) is 0 Å². The molecule has 1 N–H and O–H groups in total. The van der Waals surface area contributed by atoms with Gasteiger partial charge in [0, 0.05) is 25.8 Å². The van der Waals surface area contributed by atoms with Crippen molar-refractivity contribution in [1.29, 1.82) is 0 Å². The highest BCUT2D eigenvalue weighted by Crippen LogP contribution is 2.18. The van der Waals surface area contributed by atoms with E-state index in [0.717, 1.165) is 24.1 Å². The minimum absolute atomic E-state index is 0.667. The van der Waals surface area contributed by atoms with Gasteiger partial charge in [-0.2, -0.15) is 10.2 Å². The maximum absolute atomic E-state index is 4.50. The van der Waals surface area contributed by atoms with Crippen molar-refractivity contribution in [3.05, 3.63) is 30.1 Å². The topological polar surface area (TPSA) is 60.6 Å². The van der Waals surface area contributed by atoms with Crippen molar-refractivity contribution in [3.63, 3.8) is 0 Å². The Morgan fingerprint density at radius 1 is 1.47 bits per heavy atom. The predicted octanol–water partition coefficient (Wildman–Crippen LogP) is 0.312. The Balaban J connectivity index is 1.61. The molecule has 0 spiro atoms. The Kier molecular flexibility index (Phi) is 2.64. The lowest BCUT2D eigenvalue weighted by molar-refractivity contribution is 0.590. The zero-order valence-electron chi connectivity index (χ0n) is 9.87. The van der Waals surface area contributed by atoms with E-state index in [2.05, 4.69) is 20.5 Å². The van der Waals surface area contributed by atoms with Gasteiger partial charge in [0.2, 0.25) is 0 Å². The van der Waals surface area contributed by atoms with Crippen LogP contribution in [-0.4, -0.2) is 30.6 Å². The first-order chi connectivity index (χ1) is 8.31. The maximum Gasteiger partial charge on any atom is 0.148 e. The molecule has 0 amide bonds. The van der Waals surface area contributed by atoms with Crippen LogP contribution in [0, 0.1) is 0 Å². The maximum atomic E-state index is 4.50. The van der Waals surface area contributed by atoms with Gasteiger partial charge in [0.05, 0.1) is 5.69 Å². The van der Waals surface area contributed by atoms with Crippen molar-refractivity contribution in [1.82, 2.24) is 29.9 Å². The highest BCUT2D eigenvalue weighted by molar-refractivity contribution is 5.01. The highest BCUT2D eigenvalue weighted by atomic mass is 15.4. The summed E-state index contributed by atoms with van der Waals surface area (Å²) >= 11 is 0. The third-order valence-electron chi connectivity index (χ3n) is 2.95. The Hall–Kier alpha value is -1.69. The molecule has 1 aliphatic carbocycles. The molecule has 2 aromatic heterocycles. The second-order valence-electron chi connectivity index (χ2n) is 4.46. The molecule has 0 aromatic carbocycles. The molecular formula is C11H16N6. The molecule has 0 radical (unpaired) electrons. The number of hydrogen-bond acceptors (Lipinski definition) is 4. The van der Waals surface area contributed by atoms with Crippen LogP contribution in [0.5, 0.6) is 0 Å². The summed E-state index contributed by atoms with van der Waals surface area (Å²) in [5.41, 5.74) is 1.08.